The number of hydrogen-bond donors (Lipinski definition) is 1. The van der Waals surface area contributed by atoms with Crippen molar-refractivity contribution in [1.82, 2.24) is 9.97 Å². The van der Waals surface area contributed by atoms with Crippen LogP contribution in [0.3, 0.4) is 0 Å². The molecule has 0 saturated carbocycles. The highest BCUT2D eigenvalue weighted by Crippen LogP contribution is 2.20. The number of aryl methyl sites for hydroxylation is 1. The smallest absolute Gasteiger partial charge is 0.342 e. The van der Waals surface area contributed by atoms with Crippen molar-refractivity contribution in [3.8, 4) is 0 Å². The van der Waals surface area contributed by atoms with Crippen LogP contribution in [0.15, 0.2) is 15.5 Å². The van der Waals surface area contributed by atoms with E-state index in [9.17, 15) is 9.59 Å². The first-order valence-electron chi connectivity index (χ1n) is 4.20. The van der Waals surface area contributed by atoms with E-state index in [1.807, 2.05) is 0 Å². The van der Waals surface area contributed by atoms with Gasteiger partial charge in [0.05, 0.1) is 13.4 Å². The highest BCUT2D eigenvalue weighted by molar-refractivity contribution is 6.03. The van der Waals surface area contributed by atoms with Crippen LogP contribution in [0, 0.1) is 6.92 Å². The number of hydrogen-bond acceptors (Lipinski definition) is 5. The molecule has 0 aliphatic rings. The Hall–Kier alpha value is -2.11. The molecule has 0 unspecified atom stereocenters. The average Bonchev–Trinajstić information content (AvgIpc) is 2.55. The molecule has 15 heavy (non-hydrogen) atoms. The van der Waals surface area contributed by atoms with Gasteiger partial charge in [-0.25, -0.2) is 9.78 Å². The molecule has 2 aromatic heterocycles. The highest BCUT2D eigenvalue weighted by Gasteiger charge is 2.21. The summed E-state index contributed by atoms with van der Waals surface area (Å²) in [6.07, 6.45) is 1.22. The Morgan fingerprint density at radius 3 is 3.00 bits per heavy atom. The Morgan fingerprint density at radius 2 is 2.33 bits per heavy atom. The summed E-state index contributed by atoms with van der Waals surface area (Å²) in [4.78, 5) is 29.1. The number of furan rings is 1. The molecule has 0 bridgehead atoms. The van der Waals surface area contributed by atoms with Crippen LogP contribution in [0.4, 0.5) is 0 Å². The van der Waals surface area contributed by atoms with E-state index in [0.29, 0.717) is 5.76 Å². The number of esters is 1. The van der Waals surface area contributed by atoms with Crippen molar-refractivity contribution in [1.29, 1.82) is 0 Å². The summed E-state index contributed by atoms with van der Waals surface area (Å²) in [5.74, 6) is -0.286. The summed E-state index contributed by atoms with van der Waals surface area (Å²) in [6, 6.07) is 0. The van der Waals surface area contributed by atoms with Gasteiger partial charge in [0.25, 0.3) is 5.56 Å². The Bertz CT molecular complexity index is 581. The molecule has 0 aliphatic carbocycles. The summed E-state index contributed by atoms with van der Waals surface area (Å²) >= 11 is 0. The fourth-order valence-electron chi connectivity index (χ4n) is 1.40. The lowest BCUT2D eigenvalue weighted by Crippen LogP contribution is -2.10. The van der Waals surface area contributed by atoms with Crippen LogP contribution < -0.4 is 5.56 Å². The number of H-pyrrole nitrogens is 1. The lowest BCUT2D eigenvalue weighted by Gasteiger charge is -1.95. The Labute approximate surface area is 83.9 Å². The van der Waals surface area contributed by atoms with Crippen molar-refractivity contribution in [3.05, 3.63) is 28.0 Å². The molecule has 2 rings (SSSR count). The second-order valence-electron chi connectivity index (χ2n) is 2.94. The summed E-state index contributed by atoms with van der Waals surface area (Å²) in [5.41, 5.74) is -0.157. The van der Waals surface area contributed by atoms with E-state index in [1.54, 1.807) is 6.92 Å². The van der Waals surface area contributed by atoms with Gasteiger partial charge in [0.15, 0.2) is 0 Å². The first kappa shape index (κ1) is 9.45. The predicted molar refractivity (Wildman–Crippen MR) is 50.7 cm³/mol. The minimum atomic E-state index is -0.607. The molecule has 1 N–H and O–H groups in total. The van der Waals surface area contributed by atoms with Crippen molar-refractivity contribution in [2.75, 3.05) is 7.11 Å². The molecular formula is C9H8N2O4. The van der Waals surface area contributed by atoms with Crippen molar-refractivity contribution in [3.63, 3.8) is 0 Å². The zero-order valence-corrected chi connectivity index (χ0v) is 8.16. The third-order valence-electron chi connectivity index (χ3n) is 2.06. The van der Waals surface area contributed by atoms with E-state index in [-0.39, 0.29) is 16.7 Å². The molecule has 0 spiro atoms. The standard InChI is InChI=1S/C9H8N2O4/c1-4-5(9(13)14-2)6-7(12)10-3-11-8(6)15-4/h3H,1-2H3,(H,10,11,12). The number of fused-ring (bicyclic) bond motifs is 1. The maximum atomic E-state index is 11.5. The second-order valence-corrected chi connectivity index (χ2v) is 2.94. The Morgan fingerprint density at radius 1 is 1.60 bits per heavy atom. The molecule has 0 atom stereocenters. The molecule has 0 aromatic carbocycles. The largest absolute Gasteiger partial charge is 0.465 e. The third kappa shape index (κ3) is 1.30. The first-order valence-corrected chi connectivity index (χ1v) is 4.20. The maximum Gasteiger partial charge on any atom is 0.342 e. The summed E-state index contributed by atoms with van der Waals surface area (Å²) in [6.45, 7) is 1.58. The number of carbonyl (C=O) groups is 1. The van der Waals surface area contributed by atoms with Gasteiger partial charge in [-0.1, -0.05) is 0 Å². The van der Waals surface area contributed by atoms with Crippen LogP contribution >= 0.6 is 0 Å². The van der Waals surface area contributed by atoms with Crippen LogP contribution in [-0.4, -0.2) is 23.0 Å². The number of rotatable bonds is 1. The molecule has 0 aliphatic heterocycles. The van der Waals surface area contributed by atoms with Crippen LogP contribution in [0.5, 0.6) is 0 Å². The number of ether oxygens (including phenoxy) is 1. The number of methoxy groups -OCH3 is 1. The number of nitrogens with zero attached hydrogens (tertiary/aromatic N) is 1. The van der Waals surface area contributed by atoms with E-state index >= 15 is 0 Å². The molecular weight excluding hydrogens is 200 g/mol. The number of aromatic nitrogens is 2. The molecule has 2 heterocycles. The second kappa shape index (κ2) is 3.23. The van der Waals surface area contributed by atoms with Crippen molar-refractivity contribution >= 4 is 17.1 Å². The number of nitrogens with one attached hydrogen (secondary N) is 1. The maximum absolute atomic E-state index is 11.5. The topological polar surface area (TPSA) is 85.2 Å². The van der Waals surface area contributed by atoms with Crippen LogP contribution in [0.2, 0.25) is 0 Å². The van der Waals surface area contributed by atoms with Gasteiger partial charge in [-0.2, -0.15) is 0 Å². The summed E-state index contributed by atoms with van der Waals surface area (Å²) < 4.78 is 9.73. The zero-order valence-electron chi connectivity index (χ0n) is 8.16. The number of carbonyl (C=O) groups excluding carboxylic acids is 1. The molecule has 0 amide bonds. The van der Waals surface area contributed by atoms with Crippen LogP contribution in [0.1, 0.15) is 16.1 Å². The molecule has 2 aromatic rings. The molecule has 0 saturated heterocycles. The quantitative estimate of drug-likeness (QED) is 0.694. The van der Waals surface area contributed by atoms with E-state index in [1.165, 1.54) is 13.4 Å². The highest BCUT2D eigenvalue weighted by atomic mass is 16.5. The SMILES string of the molecule is COC(=O)c1c(C)oc2nc[nH]c(=O)c12. The van der Waals surface area contributed by atoms with Gasteiger partial charge in [0.1, 0.15) is 16.7 Å². The normalized spacial score (nSPS) is 10.5. The minimum Gasteiger partial charge on any atom is -0.465 e. The Balaban J connectivity index is 2.89. The van der Waals surface area contributed by atoms with Gasteiger partial charge >= 0.3 is 5.97 Å². The molecule has 6 heteroatoms. The van der Waals surface area contributed by atoms with E-state index in [2.05, 4.69) is 14.7 Å². The van der Waals surface area contributed by atoms with Crippen molar-refractivity contribution in [2.45, 2.75) is 6.92 Å². The van der Waals surface area contributed by atoms with Crippen molar-refractivity contribution < 1.29 is 13.9 Å². The lowest BCUT2D eigenvalue weighted by atomic mass is 10.2. The minimum absolute atomic E-state index is 0.127. The third-order valence-corrected chi connectivity index (χ3v) is 2.06. The Kier molecular flexibility index (Phi) is 2.03. The van der Waals surface area contributed by atoms with E-state index in [4.69, 9.17) is 4.42 Å². The van der Waals surface area contributed by atoms with Crippen molar-refractivity contribution in [2.24, 2.45) is 0 Å². The van der Waals surface area contributed by atoms with E-state index in [0.717, 1.165) is 0 Å². The van der Waals surface area contributed by atoms with Gasteiger partial charge in [-0.05, 0) is 6.92 Å². The van der Waals surface area contributed by atoms with Crippen LogP contribution in [0.25, 0.3) is 11.1 Å². The van der Waals surface area contributed by atoms with Gasteiger partial charge in [0.2, 0.25) is 5.71 Å². The molecule has 0 fully saturated rings. The average molecular weight is 208 g/mol. The first-order chi connectivity index (χ1) is 7.15. The fraction of sp³-hybridized carbons (Fsp3) is 0.222. The molecule has 78 valence electrons. The van der Waals surface area contributed by atoms with Gasteiger partial charge < -0.3 is 14.1 Å². The fourth-order valence-corrected chi connectivity index (χ4v) is 1.40. The van der Waals surface area contributed by atoms with Gasteiger partial charge in [-0.3, -0.25) is 4.79 Å². The lowest BCUT2D eigenvalue weighted by molar-refractivity contribution is 0.0600. The van der Waals surface area contributed by atoms with E-state index < -0.39 is 11.5 Å². The molecule has 6 nitrogen and oxygen atoms in total. The summed E-state index contributed by atoms with van der Waals surface area (Å²) in [7, 11) is 1.24. The van der Waals surface area contributed by atoms with Gasteiger partial charge in [-0.15, -0.1) is 0 Å². The van der Waals surface area contributed by atoms with Gasteiger partial charge in [0, 0.05) is 0 Å². The van der Waals surface area contributed by atoms with Crippen LogP contribution in [-0.2, 0) is 4.74 Å². The molecule has 0 radical (unpaired) electrons. The number of aromatic amines is 1. The summed E-state index contributed by atoms with van der Waals surface area (Å²) in [5, 5.41) is 0.127. The monoisotopic (exact) mass is 208 g/mol. The zero-order chi connectivity index (χ0) is 11.0. The predicted octanol–water partition coefficient (Wildman–Crippen LogP) is 0.611.